The van der Waals surface area contributed by atoms with Gasteiger partial charge in [0, 0.05) is 20.8 Å². The van der Waals surface area contributed by atoms with Crippen LogP contribution in [0.3, 0.4) is 0 Å². The van der Waals surface area contributed by atoms with E-state index in [0.29, 0.717) is 9.36 Å². The molecular weight excluding hydrogens is 478 g/mol. The molecule has 0 aromatic carbocycles. The molecule has 3 heterocycles. The van der Waals surface area contributed by atoms with Crippen molar-refractivity contribution in [1.29, 1.82) is 0 Å². The summed E-state index contributed by atoms with van der Waals surface area (Å²) >= 11 is 0. The van der Waals surface area contributed by atoms with Crippen molar-refractivity contribution < 1.29 is 43.0 Å². The number of carbonyl (C=O) groups excluding carboxylic acids is 4. The van der Waals surface area contributed by atoms with Gasteiger partial charge in [-0.15, -0.1) is 5.10 Å². The van der Waals surface area contributed by atoms with E-state index in [1.807, 2.05) is 0 Å². The lowest BCUT2D eigenvalue weighted by molar-refractivity contribution is -0.388. The smallest absolute Gasteiger partial charge is 0.418 e. The highest BCUT2D eigenvalue weighted by molar-refractivity contribution is 5.83. The van der Waals surface area contributed by atoms with Crippen molar-refractivity contribution in [2.75, 3.05) is 6.61 Å². The molecule has 2 aromatic heterocycles. The topological polar surface area (TPSA) is 240 Å². The van der Waals surface area contributed by atoms with E-state index >= 15 is 0 Å². The lowest BCUT2D eigenvalue weighted by atomic mass is 10.1. The molecule has 4 unspecified atom stereocenters. The average molecular weight is 497 g/mol. The van der Waals surface area contributed by atoms with Crippen LogP contribution < -0.4 is 11.3 Å². The second kappa shape index (κ2) is 9.79. The maximum Gasteiger partial charge on any atom is 0.418 e. The van der Waals surface area contributed by atoms with Crippen LogP contribution in [0.2, 0.25) is 0 Å². The number of ether oxygens (including phenoxy) is 4. The summed E-state index contributed by atoms with van der Waals surface area (Å²) in [6, 6.07) is 0. The average Bonchev–Trinajstić information content (AvgIpc) is 3.25. The van der Waals surface area contributed by atoms with Crippen LogP contribution in [0.15, 0.2) is 4.79 Å². The van der Waals surface area contributed by atoms with Gasteiger partial charge in [0.1, 0.15) is 19.3 Å². The Morgan fingerprint density at radius 1 is 1.11 bits per heavy atom. The van der Waals surface area contributed by atoms with Gasteiger partial charge in [-0.05, 0) is 4.92 Å². The van der Waals surface area contributed by atoms with E-state index < -0.39 is 88.8 Å². The minimum Gasteiger partial charge on any atom is -0.463 e. The maximum absolute atomic E-state index is 13.3. The van der Waals surface area contributed by atoms with Crippen LogP contribution in [0.25, 0.3) is 11.0 Å². The first-order valence-electron chi connectivity index (χ1n) is 9.82. The van der Waals surface area contributed by atoms with E-state index in [9.17, 15) is 34.1 Å². The van der Waals surface area contributed by atoms with Gasteiger partial charge in [0.2, 0.25) is 11.4 Å². The van der Waals surface area contributed by atoms with E-state index in [4.69, 9.17) is 24.7 Å². The molecule has 0 spiro atoms. The number of fused-ring (bicyclic) bond motifs is 1. The number of nitrogens with zero attached hydrogens (tertiary/aromatic N) is 6. The molecule has 3 rings (SSSR count). The molecule has 0 bridgehead atoms. The molecule has 1 fully saturated rings. The van der Waals surface area contributed by atoms with Crippen LogP contribution in [0.5, 0.6) is 0 Å². The fourth-order valence-corrected chi connectivity index (χ4v) is 3.43. The number of rotatable bonds is 8. The molecule has 1 aliphatic rings. The monoisotopic (exact) mass is 497 g/mol. The highest BCUT2D eigenvalue weighted by Gasteiger charge is 2.52. The van der Waals surface area contributed by atoms with Gasteiger partial charge in [0.25, 0.3) is 0 Å². The van der Waals surface area contributed by atoms with Crippen molar-refractivity contribution in [3.05, 3.63) is 20.5 Å². The Morgan fingerprint density at radius 2 is 1.74 bits per heavy atom. The van der Waals surface area contributed by atoms with Crippen molar-refractivity contribution in [2.24, 2.45) is 5.73 Å². The summed E-state index contributed by atoms with van der Waals surface area (Å²) in [6.07, 6.45) is -5.59. The molecule has 0 saturated carbocycles. The summed E-state index contributed by atoms with van der Waals surface area (Å²) in [4.78, 5) is 69.8. The van der Waals surface area contributed by atoms with Crippen molar-refractivity contribution >= 4 is 40.7 Å². The van der Waals surface area contributed by atoms with Crippen LogP contribution >= 0.6 is 0 Å². The first-order chi connectivity index (χ1) is 16.4. The summed E-state index contributed by atoms with van der Waals surface area (Å²) in [5.41, 5.74) is 3.02. The zero-order chi connectivity index (χ0) is 26.0. The van der Waals surface area contributed by atoms with Gasteiger partial charge in [0.15, 0.2) is 24.0 Å². The largest absolute Gasteiger partial charge is 0.463 e. The Kier molecular flexibility index (Phi) is 7.04. The van der Waals surface area contributed by atoms with Gasteiger partial charge in [-0.2, -0.15) is 9.36 Å². The zero-order valence-corrected chi connectivity index (χ0v) is 18.5. The number of nitro groups is 1. The van der Waals surface area contributed by atoms with Crippen LogP contribution in [0.4, 0.5) is 5.82 Å². The molecule has 18 nitrogen and oxygen atoms in total. The fourth-order valence-electron chi connectivity index (χ4n) is 3.43. The number of hydrogen-bond acceptors (Lipinski definition) is 14. The number of primary amides is 1. The molecule has 2 aromatic rings. The number of esters is 3. The van der Waals surface area contributed by atoms with Crippen molar-refractivity contribution in [3.8, 4) is 0 Å². The minimum atomic E-state index is -1.58. The summed E-state index contributed by atoms with van der Waals surface area (Å²) in [5.74, 6) is -4.15. The van der Waals surface area contributed by atoms with Gasteiger partial charge >= 0.3 is 29.3 Å². The molecule has 0 radical (unpaired) electrons. The Bertz CT molecular complexity index is 1270. The van der Waals surface area contributed by atoms with E-state index in [-0.39, 0.29) is 0 Å². The molecule has 18 heteroatoms. The van der Waals surface area contributed by atoms with Crippen molar-refractivity contribution in [3.63, 3.8) is 0 Å². The predicted octanol–water partition coefficient (Wildman–Crippen LogP) is -2.29. The van der Waals surface area contributed by atoms with Gasteiger partial charge in [-0.25, -0.2) is 0 Å². The summed E-state index contributed by atoms with van der Waals surface area (Å²) in [6.45, 7) is 2.09. The second-order valence-corrected chi connectivity index (χ2v) is 7.26. The van der Waals surface area contributed by atoms with Crippen molar-refractivity contribution in [1.82, 2.24) is 24.8 Å². The quantitative estimate of drug-likeness (QED) is 0.175. The van der Waals surface area contributed by atoms with Crippen LogP contribution in [0, 0.1) is 10.1 Å². The summed E-state index contributed by atoms with van der Waals surface area (Å²) in [5, 5.41) is 22.2. The second-order valence-electron chi connectivity index (χ2n) is 7.26. The van der Waals surface area contributed by atoms with Crippen LogP contribution in [0.1, 0.15) is 27.0 Å². The van der Waals surface area contributed by atoms with Crippen LogP contribution in [-0.4, -0.2) is 78.4 Å². The zero-order valence-electron chi connectivity index (χ0n) is 18.5. The van der Waals surface area contributed by atoms with Gasteiger partial charge in [-0.1, -0.05) is 5.21 Å². The Hall–Kier alpha value is -4.48. The highest BCUT2D eigenvalue weighted by Crippen LogP contribution is 2.33. The fraction of sp³-hybridized carbons (Fsp3) is 0.529. The van der Waals surface area contributed by atoms with Crippen LogP contribution in [-0.2, 0) is 44.7 Å². The highest BCUT2D eigenvalue weighted by atomic mass is 16.7. The van der Waals surface area contributed by atoms with E-state index in [1.54, 1.807) is 0 Å². The molecule has 1 saturated heterocycles. The van der Waals surface area contributed by atoms with E-state index in [2.05, 4.69) is 15.4 Å². The third-order valence-electron chi connectivity index (χ3n) is 4.62. The number of aromatic nitrogens is 5. The number of carbonyl (C=O) groups is 4. The lowest BCUT2D eigenvalue weighted by Gasteiger charge is -2.23. The summed E-state index contributed by atoms with van der Waals surface area (Å²) in [7, 11) is 0. The normalized spacial score (nSPS) is 21.5. The maximum atomic E-state index is 13.3. The van der Waals surface area contributed by atoms with Crippen molar-refractivity contribution in [2.45, 2.75) is 51.9 Å². The molecule has 188 valence electrons. The van der Waals surface area contributed by atoms with Gasteiger partial charge < -0.3 is 34.8 Å². The SMILES string of the molecule is CC(=O)OCC1OC(n2nnc3c([N+](=O)[O-])nn(CC(N)=O)c3c2=O)C(OC(C)=O)C1OC(C)=O. The van der Waals surface area contributed by atoms with Gasteiger partial charge in [0.05, 0.1) is 5.10 Å². The lowest BCUT2D eigenvalue weighted by Crippen LogP contribution is -2.42. The van der Waals surface area contributed by atoms with E-state index in [1.165, 1.54) is 0 Å². The standard InChI is InChI=1S/C17H19N7O11/c1-6(25)32-5-9-13(33-7(2)26)14(34-8(3)27)17(35-9)23-16(29)12-11(19-21-23)15(24(30)31)20-22(12)4-10(18)28/h9,13-14,17H,4-5H2,1-3H3,(H2,18,28). The molecule has 0 aliphatic carbocycles. The molecule has 2 N–H and O–H groups in total. The third kappa shape index (κ3) is 5.21. The minimum absolute atomic E-state index is 0.447. The Balaban J connectivity index is 2.16. The molecule has 1 amide bonds. The predicted molar refractivity (Wildman–Crippen MR) is 107 cm³/mol. The molecule has 4 atom stereocenters. The first kappa shape index (κ1) is 25.1. The van der Waals surface area contributed by atoms with E-state index in [0.717, 1.165) is 20.8 Å². The number of nitrogens with two attached hydrogens (primary N) is 1. The Labute approximate surface area is 194 Å². The summed E-state index contributed by atoms with van der Waals surface area (Å²) < 4.78 is 22.3. The number of amides is 1. The first-order valence-corrected chi connectivity index (χ1v) is 9.82. The molecular formula is C17H19N7O11. The number of hydrogen-bond donors (Lipinski definition) is 1. The van der Waals surface area contributed by atoms with Gasteiger partial charge in [-0.3, -0.25) is 24.0 Å². The Morgan fingerprint density at radius 3 is 2.29 bits per heavy atom. The molecule has 35 heavy (non-hydrogen) atoms. The third-order valence-corrected chi connectivity index (χ3v) is 4.62. The molecule has 1 aliphatic heterocycles.